The Hall–Kier alpha value is -1.65. The van der Waals surface area contributed by atoms with Crippen molar-refractivity contribution in [1.82, 2.24) is 0 Å². The zero-order valence-electron chi connectivity index (χ0n) is 17.3. The topological polar surface area (TPSA) is 37.1 Å². The van der Waals surface area contributed by atoms with Gasteiger partial charge in [0.2, 0.25) is 0 Å². The van der Waals surface area contributed by atoms with E-state index >= 15 is 0 Å². The molecule has 1 aliphatic rings. The van der Waals surface area contributed by atoms with Gasteiger partial charge in [-0.2, -0.15) is 0 Å². The van der Waals surface area contributed by atoms with Gasteiger partial charge in [0.25, 0.3) is 0 Å². The van der Waals surface area contributed by atoms with Gasteiger partial charge in [-0.05, 0) is 6.66 Å². The highest BCUT2D eigenvalue weighted by atomic mass is 31.3. The summed E-state index contributed by atoms with van der Waals surface area (Å²) in [4.78, 5) is 0. The molecule has 1 aliphatic heterocycles. The minimum Gasteiger partial charge on any atom is -0.232 e. The second kappa shape index (κ2) is 8.23. The highest BCUT2D eigenvalue weighted by Gasteiger charge is 2.35. The van der Waals surface area contributed by atoms with Gasteiger partial charge in [-0.15, -0.1) is 0 Å². The van der Waals surface area contributed by atoms with Crippen molar-refractivity contribution < 1.29 is 0 Å². The number of benzene rings is 3. The van der Waals surface area contributed by atoms with Crippen LogP contribution in [0.4, 0.5) is 0 Å². The molecule has 0 saturated carbocycles. The highest BCUT2D eigenvalue weighted by molar-refractivity contribution is 7.93. The molecule has 4 rings (SSSR count). The minimum absolute atomic E-state index is 0.948. The summed E-state index contributed by atoms with van der Waals surface area (Å²) in [6.07, 6.45) is 1.90. The largest absolute Gasteiger partial charge is 0.232 e. The lowest BCUT2D eigenvalue weighted by atomic mass is 10.4. The van der Waals surface area contributed by atoms with Crippen LogP contribution in [0.25, 0.3) is 0 Å². The van der Waals surface area contributed by atoms with Crippen molar-refractivity contribution in [3.8, 4) is 0 Å². The SMILES string of the molecule is CCP1(c2ccccc2)=NP(C)(c2ccccc2)=NP(CC)(c2ccccc2)=N1. The van der Waals surface area contributed by atoms with E-state index in [2.05, 4.69) is 112 Å². The molecule has 0 saturated heterocycles. The van der Waals surface area contributed by atoms with Gasteiger partial charge in [-0.3, -0.25) is 0 Å². The maximum atomic E-state index is 5.66. The van der Waals surface area contributed by atoms with Crippen LogP contribution in [0.5, 0.6) is 0 Å². The lowest BCUT2D eigenvalue weighted by molar-refractivity contribution is 1.41. The van der Waals surface area contributed by atoms with E-state index in [-0.39, 0.29) is 0 Å². The Morgan fingerprint density at radius 1 is 0.517 bits per heavy atom. The summed E-state index contributed by atoms with van der Waals surface area (Å²) in [6.45, 7) is 6.80. The molecule has 3 atom stereocenters. The van der Waals surface area contributed by atoms with E-state index < -0.39 is 21.6 Å². The van der Waals surface area contributed by atoms with Crippen molar-refractivity contribution in [2.24, 2.45) is 13.5 Å². The zero-order chi connectivity index (χ0) is 20.4. The van der Waals surface area contributed by atoms with E-state index in [1.54, 1.807) is 0 Å². The fourth-order valence-electron chi connectivity index (χ4n) is 3.85. The Morgan fingerprint density at radius 3 is 1.31 bits per heavy atom. The van der Waals surface area contributed by atoms with Crippen LogP contribution in [-0.2, 0) is 0 Å². The van der Waals surface area contributed by atoms with Gasteiger partial charge in [0.1, 0.15) is 21.6 Å². The predicted molar refractivity (Wildman–Crippen MR) is 133 cm³/mol. The third kappa shape index (κ3) is 3.77. The van der Waals surface area contributed by atoms with Crippen LogP contribution in [0.15, 0.2) is 105 Å². The van der Waals surface area contributed by atoms with E-state index in [4.69, 9.17) is 13.5 Å². The Morgan fingerprint density at radius 2 is 0.897 bits per heavy atom. The molecule has 0 bridgehead atoms. The van der Waals surface area contributed by atoms with Gasteiger partial charge in [0.15, 0.2) is 0 Å². The number of hydrogen-bond donors (Lipinski definition) is 0. The van der Waals surface area contributed by atoms with Crippen LogP contribution in [0.1, 0.15) is 13.8 Å². The van der Waals surface area contributed by atoms with Crippen LogP contribution >= 0.6 is 21.6 Å². The quantitative estimate of drug-likeness (QED) is 0.384. The van der Waals surface area contributed by atoms with Crippen LogP contribution < -0.4 is 15.9 Å². The average Bonchev–Trinajstić information content (AvgIpc) is 2.80. The third-order valence-electron chi connectivity index (χ3n) is 5.41. The molecule has 1 heterocycles. The molecular formula is C23H28N3P3. The van der Waals surface area contributed by atoms with Crippen molar-refractivity contribution in [3.63, 3.8) is 0 Å². The molecule has 0 fully saturated rings. The monoisotopic (exact) mass is 439 g/mol. The predicted octanol–water partition coefficient (Wildman–Crippen LogP) is 6.99. The van der Waals surface area contributed by atoms with Gasteiger partial charge in [-0.25, -0.2) is 13.5 Å². The van der Waals surface area contributed by atoms with Crippen LogP contribution in [0, 0.1) is 0 Å². The molecule has 3 unspecified atom stereocenters. The Kier molecular flexibility index (Phi) is 5.85. The average molecular weight is 439 g/mol. The van der Waals surface area contributed by atoms with Crippen molar-refractivity contribution in [2.75, 3.05) is 19.0 Å². The Balaban J connectivity index is 2.14. The molecule has 0 radical (unpaired) electrons. The molecular weight excluding hydrogens is 411 g/mol. The first-order chi connectivity index (χ1) is 14.1. The number of nitrogens with zero attached hydrogens (tertiary/aromatic N) is 3. The van der Waals surface area contributed by atoms with Gasteiger partial charge >= 0.3 is 0 Å². The zero-order valence-corrected chi connectivity index (χ0v) is 19.9. The van der Waals surface area contributed by atoms with Gasteiger partial charge < -0.3 is 0 Å². The first kappa shape index (κ1) is 20.6. The lowest BCUT2D eigenvalue weighted by Crippen LogP contribution is -2.14. The molecule has 0 aromatic heterocycles. The molecule has 0 spiro atoms. The number of rotatable bonds is 5. The maximum Gasteiger partial charge on any atom is 0.109 e. The van der Waals surface area contributed by atoms with Gasteiger partial charge in [-0.1, -0.05) is 105 Å². The van der Waals surface area contributed by atoms with E-state index in [1.165, 1.54) is 15.9 Å². The van der Waals surface area contributed by atoms with Crippen LogP contribution in [0.3, 0.4) is 0 Å². The molecule has 0 N–H and O–H groups in total. The van der Waals surface area contributed by atoms with Crippen LogP contribution in [-0.4, -0.2) is 19.0 Å². The number of hydrogen-bond acceptors (Lipinski definition) is 3. The van der Waals surface area contributed by atoms with E-state index in [1.807, 2.05) is 0 Å². The minimum atomic E-state index is -2.07. The fourth-order valence-corrected chi connectivity index (χ4v) is 19.1. The Labute approximate surface area is 175 Å². The molecule has 3 aromatic carbocycles. The summed E-state index contributed by atoms with van der Waals surface area (Å²) in [7, 11) is -6.19. The van der Waals surface area contributed by atoms with Crippen molar-refractivity contribution in [2.45, 2.75) is 13.8 Å². The normalized spacial score (nSPS) is 28.7. The van der Waals surface area contributed by atoms with E-state index in [0.717, 1.165) is 12.3 Å². The third-order valence-corrected chi connectivity index (χ3v) is 18.2. The molecule has 29 heavy (non-hydrogen) atoms. The summed E-state index contributed by atoms with van der Waals surface area (Å²) in [5.74, 6) is 0. The Bertz CT molecular complexity index is 1110. The maximum absolute atomic E-state index is 5.66. The van der Waals surface area contributed by atoms with Crippen LogP contribution in [0.2, 0.25) is 0 Å². The smallest absolute Gasteiger partial charge is 0.109 e. The molecule has 0 amide bonds. The van der Waals surface area contributed by atoms with Gasteiger partial charge in [0, 0.05) is 28.2 Å². The second-order valence-corrected chi connectivity index (χ2v) is 17.0. The molecule has 3 nitrogen and oxygen atoms in total. The standard InChI is InChI=1S/C23H28N3P3/c1-4-28(22-17-11-7-12-18-22)24-27(3,21-15-9-6-10-16-21)25-29(5-2,26-28)23-19-13-8-14-20-23/h6-20H,4-5H2,1-3H3. The summed E-state index contributed by atoms with van der Waals surface area (Å²) in [5, 5.41) is 3.83. The van der Waals surface area contributed by atoms with E-state index in [9.17, 15) is 0 Å². The molecule has 0 aliphatic carbocycles. The summed E-state index contributed by atoms with van der Waals surface area (Å²) in [5.41, 5.74) is 0. The second-order valence-electron chi connectivity index (χ2n) is 7.28. The summed E-state index contributed by atoms with van der Waals surface area (Å²) in [6, 6.07) is 32.2. The highest BCUT2D eigenvalue weighted by Crippen LogP contribution is 2.75. The first-order valence-corrected chi connectivity index (χ1v) is 16.0. The summed E-state index contributed by atoms with van der Waals surface area (Å²) >= 11 is 0. The van der Waals surface area contributed by atoms with E-state index in [0.29, 0.717) is 0 Å². The molecule has 6 heteroatoms. The molecule has 150 valence electrons. The lowest BCUT2D eigenvalue weighted by Gasteiger charge is -2.35. The van der Waals surface area contributed by atoms with Crippen molar-refractivity contribution in [3.05, 3.63) is 91.0 Å². The summed E-state index contributed by atoms with van der Waals surface area (Å²) < 4.78 is 16.8. The van der Waals surface area contributed by atoms with Crippen molar-refractivity contribution in [1.29, 1.82) is 0 Å². The fraction of sp³-hybridized carbons (Fsp3) is 0.217. The molecule has 3 aromatic rings. The first-order valence-electron chi connectivity index (χ1n) is 10.1. The van der Waals surface area contributed by atoms with Gasteiger partial charge in [0.05, 0.1) is 0 Å². The van der Waals surface area contributed by atoms with Crippen molar-refractivity contribution >= 4 is 37.5 Å².